The van der Waals surface area contributed by atoms with E-state index in [-0.39, 0.29) is 11.7 Å². The maximum absolute atomic E-state index is 13.2. The molecule has 0 unspecified atom stereocenters. The number of halogens is 1. The maximum atomic E-state index is 13.2. The second-order valence-corrected chi connectivity index (χ2v) is 5.85. The largest absolute Gasteiger partial charge is 0.286 e. The average molecular weight is 314 g/mol. The summed E-state index contributed by atoms with van der Waals surface area (Å²) in [5, 5.41) is 0.707. The Hall–Kier alpha value is -2.14. The molecular formula is C17H15FN2OS. The van der Waals surface area contributed by atoms with Crippen LogP contribution in [-0.2, 0) is 5.75 Å². The van der Waals surface area contributed by atoms with Crippen LogP contribution in [0.4, 0.5) is 4.39 Å². The minimum atomic E-state index is -0.247. The minimum Gasteiger partial charge on any atom is -0.286 e. The lowest BCUT2D eigenvalue weighted by Gasteiger charge is -2.17. The van der Waals surface area contributed by atoms with Gasteiger partial charge in [0.25, 0.3) is 5.91 Å². The van der Waals surface area contributed by atoms with E-state index in [4.69, 9.17) is 0 Å². The van der Waals surface area contributed by atoms with Crippen molar-refractivity contribution >= 4 is 22.8 Å². The third-order valence-corrected chi connectivity index (χ3v) is 4.41. The van der Waals surface area contributed by atoms with Crippen LogP contribution in [0.25, 0.3) is 0 Å². The highest BCUT2D eigenvalue weighted by atomic mass is 32.2. The van der Waals surface area contributed by atoms with Gasteiger partial charge in [0, 0.05) is 17.9 Å². The number of hydrogen-bond acceptors (Lipinski definition) is 3. The molecule has 0 N–H and O–H groups in total. The first kappa shape index (κ1) is 14.8. The van der Waals surface area contributed by atoms with Crippen molar-refractivity contribution in [2.75, 3.05) is 13.1 Å². The first-order valence-electron chi connectivity index (χ1n) is 7.02. The predicted molar refractivity (Wildman–Crippen MR) is 87.5 cm³/mol. The smallest absolute Gasteiger partial charge is 0.259 e. The molecule has 22 heavy (non-hydrogen) atoms. The second kappa shape index (κ2) is 6.75. The molecule has 112 valence electrons. The van der Waals surface area contributed by atoms with E-state index in [1.165, 1.54) is 23.9 Å². The van der Waals surface area contributed by atoms with Gasteiger partial charge >= 0.3 is 0 Å². The molecule has 0 radical (unpaired) electrons. The molecule has 3 rings (SSSR count). The van der Waals surface area contributed by atoms with Gasteiger partial charge in [-0.3, -0.25) is 14.7 Å². The Bertz CT molecular complexity index is 703. The van der Waals surface area contributed by atoms with Crippen molar-refractivity contribution in [2.24, 2.45) is 4.99 Å². The number of amidine groups is 1. The zero-order valence-electron chi connectivity index (χ0n) is 11.9. The SMILES string of the molecule is O=C(c1ccccc1)N1CCN=C1SCc1cccc(F)c1. The summed E-state index contributed by atoms with van der Waals surface area (Å²) in [4.78, 5) is 18.6. The lowest BCUT2D eigenvalue weighted by atomic mass is 10.2. The zero-order chi connectivity index (χ0) is 15.4. The van der Waals surface area contributed by atoms with Crippen LogP contribution < -0.4 is 0 Å². The van der Waals surface area contributed by atoms with Crippen LogP contribution in [0.15, 0.2) is 59.6 Å². The van der Waals surface area contributed by atoms with Crippen molar-refractivity contribution in [2.45, 2.75) is 5.75 Å². The molecule has 1 aliphatic rings. The van der Waals surface area contributed by atoms with Gasteiger partial charge in [-0.05, 0) is 29.8 Å². The van der Waals surface area contributed by atoms with Crippen molar-refractivity contribution in [1.29, 1.82) is 0 Å². The molecule has 0 saturated carbocycles. The van der Waals surface area contributed by atoms with Gasteiger partial charge in [0.15, 0.2) is 5.17 Å². The maximum Gasteiger partial charge on any atom is 0.259 e. The van der Waals surface area contributed by atoms with Gasteiger partial charge < -0.3 is 0 Å². The van der Waals surface area contributed by atoms with Crippen molar-refractivity contribution in [3.05, 3.63) is 71.5 Å². The molecular weight excluding hydrogens is 299 g/mol. The van der Waals surface area contributed by atoms with Gasteiger partial charge in [-0.15, -0.1) is 0 Å². The molecule has 2 aromatic rings. The lowest BCUT2D eigenvalue weighted by molar-refractivity contribution is 0.0860. The second-order valence-electron chi connectivity index (χ2n) is 4.91. The fourth-order valence-electron chi connectivity index (χ4n) is 2.25. The number of nitrogens with zero attached hydrogens (tertiary/aromatic N) is 2. The van der Waals surface area contributed by atoms with Crippen molar-refractivity contribution in [3.63, 3.8) is 0 Å². The highest BCUT2D eigenvalue weighted by molar-refractivity contribution is 8.13. The lowest BCUT2D eigenvalue weighted by Crippen LogP contribution is -2.32. The van der Waals surface area contributed by atoms with Gasteiger partial charge in [-0.25, -0.2) is 4.39 Å². The zero-order valence-corrected chi connectivity index (χ0v) is 12.7. The van der Waals surface area contributed by atoms with Crippen molar-refractivity contribution < 1.29 is 9.18 Å². The Balaban J connectivity index is 1.67. The Kier molecular flexibility index (Phi) is 4.53. The van der Waals surface area contributed by atoms with Crippen LogP contribution in [0.2, 0.25) is 0 Å². The standard InChI is InChI=1S/C17H15FN2OS/c18-15-8-4-5-13(11-15)12-22-17-19-9-10-20(17)16(21)14-6-2-1-3-7-14/h1-8,11H,9-10,12H2. The molecule has 0 fully saturated rings. The van der Waals surface area contributed by atoms with Gasteiger partial charge in [0.05, 0.1) is 6.54 Å². The number of carbonyl (C=O) groups excluding carboxylic acids is 1. The molecule has 0 spiro atoms. The molecule has 2 aromatic carbocycles. The minimum absolute atomic E-state index is 0.0383. The molecule has 1 heterocycles. The highest BCUT2D eigenvalue weighted by Gasteiger charge is 2.24. The summed E-state index contributed by atoms with van der Waals surface area (Å²) in [6.45, 7) is 1.21. The van der Waals surface area contributed by atoms with E-state index in [1.807, 2.05) is 24.3 Å². The van der Waals surface area contributed by atoms with E-state index in [1.54, 1.807) is 23.1 Å². The van der Waals surface area contributed by atoms with Crippen LogP contribution in [-0.4, -0.2) is 29.1 Å². The molecule has 0 atom stereocenters. The highest BCUT2D eigenvalue weighted by Crippen LogP contribution is 2.21. The van der Waals surface area contributed by atoms with Gasteiger partial charge in [0.2, 0.25) is 0 Å². The van der Waals surface area contributed by atoms with E-state index in [0.29, 0.717) is 29.6 Å². The summed E-state index contributed by atoms with van der Waals surface area (Å²) in [6.07, 6.45) is 0. The number of amides is 1. The third-order valence-electron chi connectivity index (χ3n) is 3.32. The van der Waals surface area contributed by atoms with Crippen LogP contribution >= 0.6 is 11.8 Å². The molecule has 0 bridgehead atoms. The quantitative estimate of drug-likeness (QED) is 0.867. The van der Waals surface area contributed by atoms with Gasteiger partial charge in [0.1, 0.15) is 5.82 Å². The summed E-state index contributed by atoms with van der Waals surface area (Å²) in [5.74, 6) is 0.307. The van der Waals surface area contributed by atoms with Crippen LogP contribution in [0, 0.1) is 5.82 Å². The third kappa shape index (κ3) is 3.36. The topological polar surface area (TPSA) is 32.7 Å². The van der Waals surface area contributed by atoms with Gasteiger partial charge in [-0.1, -0.05) is 42.1 Å². The summed E-state index contributed by atoms with van der Waals surface area (Å²) >= 11 is 1.47. The van der Waals surface area contributed by atoms with Crippen molar-refractivity contribution in [3.8, 4) is 0 Å². The predicted octanol–water partition coefficient (Wildman–Crippen LogP) is 3.57. The molecule has 3 nitrogen and oxygen atoms in total. The van der Waals surface area contributed by atoms with E-state index in [2.05, 4.69) is 4.99 Å². The molecule has 0 aromatic heterocycles. The summed E-state index contributed by atoms with van der Waals surface area (Å²) in [6, 6.07) is 15.7. The summed E-state index contributed by atoms with van der Waals surface area (Å²) in [7, 11) is 0. The van der Waals surface area contributed by atoms with E-state index >= 15 is 0 Å². The van der Waals surface area contributed by atoms with E-state index in [0.717, 1.165) is 5.56 Å². The Morgan fingerprint density at radius 1 is 1.18 bits per heavy atom. The fraction of sp³-hybridized carbons (Fsp3) is 0.176. The fourth-order valence-corrected chi connectivity index (χ4v) is 3.24. The van der Waals surface area contributed by atoms with E-state index < -0.39 is 0 Å². The Morgan fingerprint density at radius 3 is 2.77 bits per heavy atom. The number of benzene rings is 2. The first-order chi connectivity index (χ1) is 10.7. The first-order valence-corrected chi connectivity index (χ1v) is 8.01. The molecule has 1 amide bonds. The number of aliphatic imine (C=N–C) groups is 1. The molecule has 0 aliphatic carbocycles. The van der Waals surface area contributed by atoms with Crippen molar-refractivity contribution in [1.82, 2.24) is 4.90 Å². The molecule has 0 saturated heterocycles. The number of rotatable bonds is 3. The summed E-state index contributed by atoms with van der Waals surface area (Å²) in [5.41, 5.74) is 1.54. The van der Waals surface area contributed by atoms with Crippen LogP contribution in [0.1, 0.15) is 15.9 Å². The monoisotopic (exact) mass is 314 g/mol. The van der Waals surface area contributed by atoms with Crippen LogP contribution in [0.5, 0.6) is 0 Å². The normalized spacial score (nSPS) is 14.0. The number of hydrogen-bond donors (Lipinski definition) is 0. The summed E-state index contributed by atoms with van der Waals surface area (Å²) < 4.78 is 13.2. The van der Waals surface area contributed by atoms with E-state index in [9.17, 15) is 9.18 Å². The van der Waals surface area contributed by atoms with Gasteiger partial charge in [-0.2, -0.15) is 0 Å². The molecule has 1 aliphatic heterocycles. The Morgan fingerprint density at radius 2 is 2.00 bits per heavy atom. The van der Waals surface area contributed by atoms with Crippen LogP contribution in [0.3, 0.4) is 0 Å². The average Bonchev–Trinajstić information content (AvgIpc) is 3.01. The molecule has 5 heteroatoms. The number of thioether (sulfide) groups is 1. The Labute approximate surface area is 132 Å². The number of carbonyl (C=O) groups is 1.